The van der Waals surface area contributed by atoms with Crippen LogP contribution in [0, 0.1) is 23.2 Å². The molecule has 0 nitrogen and oxygen atoms in total. The Hall–Kier alpha value is -0.420. The van der Waals surface area contributed by atoms with Crippen molar-refractivity contribution in [3.8, 4) is 0 Å². The second-order valence-electron chi connectivity index (χ2n) is 4.96. The average Bonchev–Trinajstić information content (AvgIpc) is 1.96. The van der Waals surface area contributed by atoms with Crippen LogP contribution in [-0.2, 0) is 0 Å². The second kappa shape index (κ2) is 3.07. The lowest BCUT2D eigenvalue weighted by molar-refractivity contribution is -0.423. The first-order chi connectivity index (χ1) is 7.12. The van der Waals surface area contributed by atoms with Crippen molar-refractivity contribution in [3.63, 3.8) is 0 Å². The Labute approximate surface area is 89.0 Å². The van der Waals surface area contributed by atoms with Crippen LogP contribution in [0.25, 0.3) is 0 Å². The predicted octanol–water partition coefficient (Wildman–Crippen LogP) is 4.16. The van der Waals surface area contributed by atoms with Gasteiger partial charge in [0.2, 0.25) is 0 Å². The summed E-state index contributed by atoms with van der Waals surface area (Å²) in [5.41, 5.74) is -3.42. The maximum absolute atomic E-state index is 12.8. The minimum Gasteiger partial charge on any atom is -0.170 e. The van der Waals surface area contributed by atoms with Crippen molar-refractivity contribution < 1.29 is 26.3 Å². The minimum atomic E-state index is -5.17. The molecule has 3 saturated carbocycles. The molecule has 0 amide bonds. The number of halogens is 6. The van der Waals surface area contributed by atoms with Crippen molar-refractivity contribution in [1.82, 2.24) is 0 Å². The molecule has 0 spiro atoms. The van der Waals surface area contributed by atoms with Crippen LogP contribution >= 0.6 is 0 Å². The van der Waals surface area contributed by atoms with Crippen LogP contribution in [0.2, 0.25) is 0 Å². The molecule has 2 bridgehead atoms. The van der Waals surface area contributed by atoms with Crippen molar-refractivity contribution in [2.75, 3.05) is 0 Å². The largest absolute Gasteiger partial charge is 0.403 e. The van der Waals surface area contributed by atoms with E-state index in [0.717, 1.165) is 0 Å². The molecule has 3 aliphatic rings. The zero-order chi connectivity index (χ0) is 12.4. The Bertz CT molecular complexity index is 273. The Morgan fingerprint density at radius 2 is 1.44 bits per heavy atom. The first kappa shape index (κ1) is 12.0. The van der Waals surface area contributed by atoms with Crippen molar-refractivity contribution in [2.24, 2.45) is 23.2 Å². The third kappa shape index (κ3) is 1.19. The summed E-state index contributed by atoms with van der Waals surface area (Å²) in [7, 11) is 0. The van der Waals surface area contributed by atoms with Gasteiger partial charge in [0, 0.05) is 0 Å². The fourth-order valence-electron chi connectivity index (χ4n) is 3.56. The topological polar surface area (TPSA) is 0 Å². The van der Waals surface area contributed by atoms with Crippen LogP contribution < -0.4 is 0 Å². The van der Waals surface area contributed by atoms with Crippen molar-refractivity contribution in [1.29, 1.82) is 0 Å². The highest BCUT2D eigenvalue weighted by Crippen LogP contribution is 2.73. The molecular formula is C10H12F6. The molecule has 3 fully saturated rings. The van der Waals surface area contributed by atoms with Gasteiger partial charge in [-0.3, -0.25) is 0 Å². The van der Waals surface area contributed by atoms with Gasteiger partial charge in [-0.15, -0.1) is 0 Å². The maximum Gasteiger partial charge on any atom is 0.403 e. The molecule has 0 aromatic carbocycles. The Morgan fingerprint density at radius 3 is 1.69 bits per heavy atom. The van der Waals surface area contributed by atoms with Crippen LogP contribution in [0.5, 0.6) is 0 Å². The first-order valence-electron chi connectivity index (χ1n) is 5.25. The normalized spacial score (nSPS) is 38.1. The summed E-state index contributed by atoms with van der Waals surface area (Å²) in [6.45, 7) is 1.49. The average molecular weight is 246 g/mol. The molecule has 0 radical (unpaired) electrons. The maximum atomic E-state index is 12.8. The standard InChI is InChI=1S/C10H12F6/c1-5-2-3-6-4-7(5)8(6,9(11,12)13)10(14,15)16/h5-7H,2-4H2,1H3. The van der Waals surface area contributed by atoms with E-state index in [4.69, 9.17) is 0 Å². The predicted molar refractivity (Wildman–Crippen MR) is 44.5 cm³/mol. The van der Waals surface area contributed by atoms with E-state index in [1.807, 2.05) is 0 Å². The van der Waals surface area contributed by atoms with Crippen molar-refractivity contribution in [3.05, 3.63) is 0 Å². The van der Waals surface area contributed by atoms with Crippen LogP contribution in [0.1, 0.15) is 26.2 Å². The summed E-state index contributed by atoms with van der Waals surface area (Å²) >= 11 is 0. The van der Waals surface area contributed by atoms with Crippen LogP contribution in [0.15, 0.2) is 0 Å². The summed E-state index contributed by atoms with van der Waals surface area (Å²) < 4.78 is 77.0. The van der Waals surface area contributed by atoms with E-state index in [1.54, 1.807) is 0 Å². The lowest BCUT2D eigenvalue weighted by Gasteiger charge is -2.62. The van der Waals surface area contributed by atoms with Crippen LogP contribution in [0.4, 0.5) is 26.3 Å². The molecule has 0 N–H and O–H groups in total. The van der Waals surface area contributed by atoms with Gasteiger partial charge in [-0.1, -0.05) is 13.3 Å². The van der Waals surface area contributed by atoms with Crippen LogP contribution in [-0.4, -0.2) is 12.4 Å². The van der Waals surface area contributed by atoms with E-state index in [9.17, 15) is 26.3 Å². The van der Waals surface area contributed by atoms with E-state index in [-0.39, 0.29) is 12.8 Å². The second-order valence-corrected chi connectivity index (χ2v) is 4.96. The van der Waals surface area contributed by atoms with Gasteiger partial charge < -0.3 is 0 Å². The highest BCUT2D eigenvalue weighted by Gasteiger charge is 2.82. The van der Waals surface area contributed by atoms with Gasteiger partial charge in [0.15, 0.2) is 5.41 Å². The summed E-state index contributed by atoms with van der Waals surface area (Å²) in [6.07, 6.45) is -9.76. The summed E-state index contributed by atoms with van der Waals surface area (Å²) in [5, 5.41) is 0. The van der Waals surface area contributed by atoms with Gasteiger partial charge in [0.1, 0.15) is 0 Å². The molecule has 16 heavy (non-hydrogen) atoms. The molecule has 3 atom stereocenters. The Morgan fingerprint density at radius 1 is 0.938 bits per heavy atom. The number of alkyl halides is 6. The highest BCUT2D eigenvalue weighted by atomic mass is 19.4. The molecule has 0 saturated heterocycles. The van der Waals surface area contributed by atoms with E-state index >= 15 is 0 Å². The number of fused-ring (bicyclic) bond motifs is 2. The number of hydrogen-bond acceptors (Lipinski definition) is 0. The molecule has 3 rings (SSSR count). The first-order valence-corrected chi connectivity index (χ1v) is 5.25. The van der Waals surface area contributed by atoms with Crippen molar-refractivity contribution in [2.45, 2.75) is 38.5 Å². The SMILES string of the molecule is CC1CCC2CC1C2(C(F)(F)F)C(F)(F)F. The van der Waals surface area contributed by atoms with E-state index < -0.39 is 35.5 Å². The summed E-state index contributed by atoms with van der Waals surface area (Å²) in [5.74, 6) is -3.02. The van der Waals surface area contributed by atoms with Gasteiger partial charge in [0.05, 0.1) is 0 Å². The Balaban J connectivity index is 2.46. The smallest absolute Gasteiger partial charge is 0.170 e. The quantitative estimate of drug-likeness (QED) is 0.563. The molecule has 0 aliphatic heterocycles. The molecule has 0 aromatic heterocycles. The van der Waals surface area contributed by atoms with Gasteiger partial charge >= 0.3 is 12.4 Å². The third-order valence-electron chi connectivity index (χ3n) is 4.36. The zero-order valence-corrected chi connectivity index (χ0v) is 8.62. The monoisotopic (exact) mass is 246 g/mol. The highest BCUT2D eigenvalue weighted by molar-refractivity contribution is 5.14. The van der Waals surface area contributed by atoms with Gasteiger partial charge in [0.25, 0.3) is 0 Å². The molecule has 0 heterocycles. The molecule has 94 valence electrons. The third-order valence-corrected chi connectivity index (χ3v) is 4.36. The number of rotatable bonds is 0. The fourth-order valence-corrected chi connectivity index (χ4v) is 3.56. The van der Waals surface area contributed by atoms with Gasteiger partial charge in [-0.25, -0.2) is 0 Å². The molecule has 0 aromatic rings. The molecule has 3 unspecified atom stereocenters. The van der Waals surface area contributed by atoms with Gasteiger partial charge in [-0.05, 0) is 30.6 Å². The molecule has 3 aliphatic carbocycles. The van der Waals surface area contributed by atoms with Gasteiger partial charge in [-0.2, -0.15) is 26.3 Å². The number of hydrogen-bond donors (Lipinski definition) is 0. The van der Waals surface area contributed by atoms with Crippen molar-refractivity contribution >= 4 is 0 Å². The van der Waals surface area contributed by atoms with E-state index in [2.05, 4.69) is 0 Å². The molecule has 6 heteroatoms. The van der Waals surface area contributed by atoms with E-state index in [1.165, 1.54) is 6.92 Å². The minimum absolute atomic E-state index is 0.0384. The summed E-state index contributed by atoms with van der Waals surface area (Å²) in [4.78, 5) is 0. The summed E-state index contributed by atoms with van der Waals surface area (Å²) in [6, 6.07) is 0. The van der Waals surface area contributed by atoms with E-state index in [0.29, 0.717) is 6.42 Å². The Kier molecular flexibility index (Phi) is 2.31. The lowest BCUT2D eigenvalue weighted by atomic mass is 9.43. The van der Waals surface area contributed by atoms with Crippen LogP contribution in [0.3, 0.4) is 0 Å². The fraction of sp³-hybridized carbons (Fsp3) is 1.00. The zero-order valence-electron chi connectivity index (χ0n) is 8.62. The lowest BCUT2D eigenvalue weighted by Crippen LogP contribution is -2.69. The molecular weight excluding hydrogens is 234 g/mol.